The fraction of sp³-hybridized carbons (Fsp3) is 0.591. The molecule has 0 unspecified atom stereocenters. The van der Waals surface area contributed by atoms with E-state index in [4.69, 9.17) is 14.2 Å². The number of hydrogen-bond donors (Lipinski definition) is 2. The van der Waals surface area contributed by atoms with Gasteiger partial charge in [0.05, 0.1) is 43.1 Å². The maximum Gasteiger partial charge on any atom is 0.237 e. The lowest BCUT2D eigenvalue weighted by Crippen LogP contribution is -2.36. The van der Waals surface area contributed by atoms with E-state index in [0.717, 1.165) is 28.2 Å². The average molecular weight is 496 g/mol. The van der Waals surface area contributed by atoms with E-state index >= 15 is 0 Å². The third-order valence-electron chi connectivity index (χ3n) is 4.74. The normalized spacial score (nSPS) is 14.8. The molecule has 0 bridgehead atoms. The molecule has 2 N–H and O–H groups in total. The second-order valence-corrected chi connectivity index (χ2v) is 10.3. The molecule has 1 fully saturated rings. The van der Waals surface area contributed by atoms with E-state index in [1.54, 1.807) is 0 Å². The Kier molecular flexibility index (Phi) is 9.45. The lowest BCUT2D eigenvalue weighted by atomic mass is 10.2. The van der Waals surface area contributed by atoms with Gasteiger partial charge in [0.2, 0.25) is 11.0 Å². The van der Waals surface area contributed by atoms with Crippen LogP contribution in [0.25, 0.3) is 0 Å². The third-order valence-corrected chi connectivity index (χ3v) is 6.77. The van der Waals surface area contributed by atoms with Gasteiger partial charge in [-0.25, -0.2) is 0 Å². The van der Waals surface area contributed by atoms with Gasteiger partial charge < -0.3 is 29.7 Å². The van der Waals surface area contributed by atoms with Gasteiger partial charge in [0.1, 0.15) is 11.5 Å². The highest BCUT2D eigenvalue weighted by Gasteiger charge is 2.23. The van der Waals surface area contributed by atoms with Gasteiger partial charge >= 0.3 is 0 Å². The molecular formula is C22H33N5O4S2. The van der Waals surface area contributed by atoms with Gasteiger partial charge in [0.15, 0.2) is 4.34 Å². The molecule has 3 rings (SSSR count). The van der Waals surface area contributed by atoms with Crippen LogP contribution in [0.2, 0.25) is 0 Å². The molecule has 0 saturated carbocycles. The molecule has 1 aliphatic heterocycles. The van der Waals surface area contributed by atoms with Gasteiger partial charge in [-0.3, -0.25) is 4.79 Å². The van der Waals surface area contributed by atoms with Gasteiger partial charge in [-0.1, -0.05) is 23.1 Å². The molecule has 33 heavy (non-hydrogen) atoms. The van der Waals surface area contributed by atoms with Crippen LogP contribution in [0.15, 0.2) is 16.5 Å². The first kappa shape index (κ1) is 25.4. The zero-order chi connectivity index (χ0) is 23.8. The molecule has 2 aromatic rings. The molecule has 182 valence electrons. The van der Waals surface area contributed by atoms with Crippen molar-refractivity contribution in [2.45, 2.75) is 50.3 Å². The Labute approximate surface area is 203 Å². The molecule has 2 heterocycles. The van der Waals surface area contributed by atoms with Crippen molar-refractivity contribution in [3.63, 3.8) is 0 Å². The first-order chi connectivity index (χ1) is 15.9. The van der Waals surface area contributed by atoms with Gasteiger partial charge in [0.25, 0.3) is 0 Å². The number of morpholine rings is 1. The van der Waals surface area contributed by atoms with Crippen LogP contribution in [0, 0.1) is 0 Å². The molecule has 11 heteroatoms. The number of anilines is 3. The summed E-state index contributed by atoms with van der Waals surface area (Å²) in [6.07, 6.45) is 0. The lowest BCUT2D eigenvalue weighted by Gasteiger charge is -2.31. The minimum Gasteiger partial charge on any atom is -0.492 e. The predicted molar refractivity (Wildman–Crippen MR) is 134 cm³/mol. The van der Waals surface area contributed by atoms with Crippen LogP contribution in [-0.2, 0) is 9.53 Å². The number of carbonyl (C=O) groups is 1. The van der Waals surface area contributed by atoms with Crippen molar-refractivity contribution in [3.8, 4) is 11.5 Å². The summed E-state index contributed by atoms with van der Waals surface area (Å²) < 4.78 is 18.0. The number of benzene rings is 1. The standard InChI is InChI=1S/C22H33N5O4S2/c1-6-30-18-13-17(27-8-10-29-11-9-27)19(31-7-2)12-16(18)24-20(28)15(5)32-22-26-25-21(33-22)23-14(3)4/h12-15H,6-11H2,1-5H3,(H,23,25)(H,24,28)/t15-/m1/s1. The van der Waals surface area contributed by atoms with Crippen molar-refractivity contribution in [3.05, 3.63) is 12.1 Å². The minimum atomic E-state index is -0.367. The highest BCUT2D eigenvalue weighted by atomic mass is 32.2. The number of amides is 1. The second-order valence-electron chi connectivity index (χ2n) is 7.70. The summed E-state index contributed by atoms with van der Waals surface area (Å²) in [7, 11) is 0. The quantitative estimate of drug-likeness (QED) is 0.446. The zero-order valence-electron chi connectivity index (χ0n) is 19.8. The van der Waals surface area contributed by atoms with Crippen LogP contribution < -0.4 is 25.0 Å². The van der Waals surface area contributed by atoms with Crippen molar-refractivity contribution in [2.24, 2.45) is 0 Å². The van der Waals surface area contributed by atoms with Crippen molar-refractivity contribution >= 4 is 45.5 Å². The molecule has 1 atom stereocenters. The van der Waals surface area contributed by atoms with Crippen molar-refractivity contribution in [1.29, 1.82) is 0 Å². The Morgan fingerprint density at radius 3 is 2.52 bits per heavy atom. The third kappa shape index (κ3) is 7.12. The average Bonchev–Trinajstić information content (AvgIpc) is 3.22. The number of hydrogen-bond acceptors (Lipinski definition) is 10. The fourth-order valence-corrected chi connectivity index (χ4v) is 5.29. The first-order valence-corrected chi connectivity index (χ1v) is 12.9. The molecule has 0 spiro atoms. The van der Waals surface area contributed by atoms with Gasteiger partial charge in [-0.2, -0.15) is 0 Å². The van der Waals surface area contributed by atoms with Crippen LogP contribution in [0.4, 0.5) is 16.5 Å². The molecule has 1 aromatic heterocycles. The van der Waals surface area contributed by atoms with Gasteiger partial charge in [-0.05, 0) is 34.6 Å². The van der Waals surface area contributed by atoms with Crippen LogP contribution in [0.5, 0.6) is 11.5 Å². The smallest absolute Gasteiger partial charge is 0.237 e. The second kappa shape index (κ2) is 12.3. The van der Waals surface area contributed by atoms with E-state index in [9.17, 15) is 4.79 Å². The maximum atomic E-state index is 13.0. The Hall–Kier alpha value is -2.24. The Morgan fingerprint density at radius 1 is 1.15 bits per heavy atom. The van der Waals surface area contributed by atoms with E-state index in [1.165, 1.54) is 23.1 Å². The number of rotatable bonds is 11. The van der Waals surface area contributed by atoms with E-state index in [1.807, 2.05) is 46.8 Å². The molecule has 0 radical (unpaired) electrons. The van der Waals surface area contributed by atoms with Crippen LogP contribution >= 0.6 is 23.1 Å². The monoisotopic (exact) mass is 495 g/mol. The van der Waals surface area contributed by atoms with Crippen LogP contribution in [0.1, 0.15) is 34.6 Å². The lowest BCUT2D eigenvalue weighted by molar-refractivity contribution is -0.115. The molecule has 0 aliphatic carbocycles. The number of nitrogens with one attached hydrogen (secondary N) is 2. The summed E-state index contributed by atoms with van der Waals surface area (Å²) in [6.45, 7) is 13.7. The molecular weight excluding hydrogens is 462 g/mol. The van der Waals surface area contributed by atoms with Crippen molar-refractivity contribution in [2.75, 3.05) is 55.1 Å². The molecule has 9 nitrogen and oxygen atoms in total. The zero-order valence-corrected chi connectivity index (χ0v) is 21.5. The first-order valence-electron chi connectivity index (χ1n) is 11.2. The molecule has 1 saturated heterocycles. The number of ether oxygens (including phenoxy) is 3. The molecule has 1 amide bonds. The Morgan fingerprint density at radius 2 is 1.85 bits per heavy atom. The van der Waals surface area contributed by atoms with E-state index in [-0.39, 0.29) is 17.2 Å². The highest BCUT2D eigenvalue weighted by molar-refractivity contribution is 8.02. The topological polar surface area (TPSA) is 97.8 Å². The van der Waals surface area contributed by atoms with Crippen molar-refractivity contribution in [1.82, 2.24) is 10.2 Å². The van der Waals surface area contributed by atoms with E-state index in [2.05, 4.69) is 25.7 Å². The van der Waals surface area contributed by atoms with Crippen LogP contribution in [0.3, 0.4) is 0 Å². The summed E-state index contributed by atoms with van der Waals surface area (Å²) in [4.78, 5) is 15.2. The summed E-state index contributed by atoms with van der Waals surface area (Å²) in [5.74, 6) is 1.19. The summed E-state index contributed by atoms with van der Waals surface area (Å²) >= 11 is 2.82. The highest BCUT2D eigenvalue weighted by Crippen LogP contribution is 2.40. The minimum absolute atomic E-state index is 0.143. The number of nitrogens with zero attached hydrogens (tertiary/aromatic N) is 3. The van der Waals surface area contributed by atoms with Gasteiger partial charge in [-0.15, -0.1) is 10.2 Å². The number of carbonyl (C=O) groups excluding carboxylic acids is 1. The molecule has 1 aliphatic rings. The largest absolute Gasteiger partial charge is 0.492 e. The fourth-order valence-electron chi connectivity index (χ4n) is 3.25. The predicted octanol–water partition coefficient (Wildman–Crippen LogP) is 4.11. The Bertz CT molecular complexity index is 918. The number of aromatic nitrogens is 2. The van der Waals surface area contributed by atoms with Crippen LogP contribution in [-0.4, -0.2) is 66.9 Å². The van der Waals surface area contributed by atoms with E-state index < -0.39 is 0 Å². The van der Waals surface area contributed by atoms with Gasteiger partial charge in [0, 0.05) is 31.3 Å². The Balaban J connectivity index is 1.76. The summed E-state index contributed by atoms with van der Waals surface area (Å²) in [5, 5.41) is 14.9. The molecule has 1 aromatic carbocycles. The number of thioether (sulfide) groups is 1. The maximum absolute atomic E-state index is 13.0. The summed E-state index contributed by atoms with van der Waals surface area (Å²) in [5.41, 5.74) is 1.54. The SMILES string of the molecule is CCOc1cc(N2CCOCC2)c(OCC)cc1NC(=O)[C@@H](C)Sc1nnc(NC(C)C)s1. The van der Waals surface area contributed by atoms with Crippen molar-refractivity contribution < 1.29 is 19.0 Å². The van der Waals surface area contributed by atoms with E-state index in [0.29, 0.717) is 43.6 Å². The summed E-state index contributed by atoms with van der Waals surface area (Å²) in [6, 6.07) is 4.07.